The van der Waals surface area contributed by atoms with Crippen LogP contribution in [0.4, 0.5) is 5.69 Å². The van der Waals surface area contributed by atoms with Gasteiger partial charge in [-0.2, -0.15) is 0 Å². The van der Waals surface area contributed by atoms with Crippen LogP contribution in [0.15, 0.2) is 65.3 Å². The largest absolute Gasteiger partial charge is 0.508 e. The van der Waals surface area contributed by atoms with Gasteiger partial charge in [-0.1, -0.05) is 18.2 Å². The van der Waals surface area contributed by atoms with Crippen LogP contribution in [-0.2, 0) is 13.1 Å². The van der Waals surface area contributed by atoms with Gasteiger partial charge in [0.25, 0.3) is 11.6 Å². The predicted octanol–water partition coefficient (Wildman–Crippen LogP) is 4.04. The number of furan rings is 1. The zero-order chi connectivity index (χ0) is 19.4. The molecule has 0 radical (unpaired) electrons. The second-order valence-electron chi connectivity index (χ2n) is 6.13. The summed E-state index contributed by atoms with van der Waals surface area (Å²) in [6.45, 7) is 1.97. The highest BCUT2D eigenvalue weighted by molar-refractivity contribution is 5.94. The van der Waals surface area contributed by atoms with Crippen molar-refractivity contribution < 1.29 is 19.2 Å². The van der Waals surface area contributed by atoms with Crippen molar-refractivity contribution in [3.05, 3.63) is 93.4 Å². The van der Waals surface area contributed by atoms with Crippen LogP contribution in [0.2, 0.25) is 0 Å². The van der Waals surface area contributed by atoms with Crippen molar-refractivity contribution in [3.8, 4) is 5.75 Å². The second-order valence-corrected chi connectivity index (χ2v) is 6.13. The maximum atomic E-state index is 13.1. The Labute approximate surface area is 155 Å². The van der Waals surface area contributed by atoms with E-state index in [9.17, 15) is 20.0 Å². The van der Waals surface area contributed by atoms with Gasteiger partial charge in [0.15, 0.2) is 0 Å². The first kappa shape index (κ1) is 18.2. The summed E-state index contributed by atoms with van der Waals surface area (Å²) in [4.78, 5) is 25.1. The number of phenolic OH excluding ortho intramolecular Hbond substituents is 1. The molecule has 3 rings (SSSR count). The van der Waals surface area contributed by atoms with Crippen molar-refractivity contribution in [2.45, 2.75) is 20.0 Å². The summed E-state index contributed by atoms with van der Waals surface area (Å²) in [5.74, 6) is 0.375. The number of rotatable bonds is 6. The third-order valence-electron chi connectivity index (χ3n) is 4.21. The van der Waals surface area contributed by atoms with Gasteiger partial charge in [-0.3, -0.25) is 14.9 Å². The van der Waals surface area contributed by atoms with Crippen LogP contribution >= 0.6 is 0 Å². The molecule has 0 bridgehead atoms. The lowest BCUT2D eigenvalue weighted by Gasteiger charge is -2.22. The van der Waals surface area contributed by atoms with Crippen molar-refractivity contribution in [2.24, 2.45) is 0 Å². The van der Waals surface area contributed by atoms with Gasteiger partial charge < -0.3 is 14.4 Å². The van der Waals surface area contributed by atoms with Gasteiger partial charge in [0.2, 0.25) is 0 Å². The van der Waals surface area contributed by atoms with E-state index in [4.69, 9.17) is 4.42 Å². The number of nitro benzene ring substituents is 1. The average Bonchev–Trinajstić information content (AvgIpc) is 3.15. The van der Waals surface area contributed by atoms with Crippen LogP contribution in [0.1, 0.15) is 27.2 Å². The number of aromatic hydroxyl groups is 1. The third-order valence-corrected chi connectivity index (χ3v) is 4.21. The van der Waals surface area contributed by atoms with Crippen LogP contribution < -0.4 is 0 Å². The number of aryl methyl sites for hydroxylation is 1. The van der Waals surface area contributed by atoms with E-state index in [-0.39, 0.29) is 30.4 Å². The molecule has 1 amide bonds. The molecule has 0 fully saturated rings. The van der Waals surface area contributed by atoms with Gasteiger partial charge in [-0.25, -0.2) is 0 Å². The maximum absolute atomic E-state index is 13.1. The SMILES string of the molecule is Cc1cc(C(=O)N(Cc2ccco2)Cc2ccccc2O)ccc1[N+](=O)[O-]. The fourth-order valence-corrected chi connectivity index (χ4v) is 2.82. The number of carbonyl (C=O) groups excluding carboxylic acids is 1. The summed E-state index contributed by atoms with van der Waals surface area (Å²) in [7, 11) is 0. The minimum absolute atomic E-state index is 0.0372. The molecule has 0 aliphatic heterocycles. The van der Waals surface area contributed by atoms with E-state index in [2.05, 4.69) is 0 Å². The van der Waals surface area contributed by atoms with E-state index in [1.54, 1.807) is 43.3 Å². The Hall–Kier alpha value is -3.61. The lowest BCUT2D eigenvalue weighted by atomic mass is 10.1. The van der Waals surface area contributed by atoms with E-state index in [0.29, 0.717) is 22.5 Å². The molecule has 0 saturated heterocycles. The number of carbonyl (C=O) groups is 1. The Morgan fingerprint density at radius 2 is 1.93 bits per heavy atom. The molecule has 0 atom stereocenters. The third kappa shape index (κ3) is 4.14. The molecule has 138 valence electrons. The standard InChI is InChI=1S/C20H18N2O5/c1-14-11-15(8-9-18(14)22(25)26)20(24)21(13-17-6-4-10-27-17)12-16-5-2-3-7-19(16)23/h2-11,23H,12-13H2,1H3. The number of hydrogen-bond donors (Lipinski definition) is 1. The number of hydrogen-bond acceptors (Lipinski definition) is 5. The summed E-state index contributed by atoms with van der Waals surface area (Å²) in [6.07, 6.45) is 1.52. The van der Waals surface area contributed by atoms with Crippen molar-refractivity contribution >= 4 is 11.6 Å². The smallest absolute Gasteiger partial charge is 0.272 e. The molecule has 3 aromatic rings. The fourth-order valence-electron chi connectivity index (χ4n) is 2.82. The monoisotopic (exact) mass is 366 g/mol. The highest BCUT2D eigenvalue weighted by Crippen LogP contribution is 2.23. The summed E-state index contributed by atoms with van der Waals surface area (Å²) >= 11 is 0. The number of benzene rings is 2. The van der Waals surface area contributed by atoms with E-state index in [1.165, 1.54) is 29.4 Å². The van der Waals surface area contributed by atoms with Crippen molar-refractivity contribution in [3.63, 3.8) is 0 Å². The fraction of sp³-hybridized carbons (Fsp3) is 0.150. The van der Waals surface area contributed by atoms with Crippen LogP contribution in [0.3, 0.4) is 0 Å². The van der Waals surface area contributed by atoms with Crippen LogP contribution in [0, 0.1) is 17.0 Å². The first-order chi connectivity index (χ1) is 13.0. The second kappa shape index (κ2) is 7.74. The zero-order valence-corrected chi connectivity index (χ0v) is 14.7. The van der Waals surface area contributed by atoms with Crippen molar-refractivity contribution in [2.75, 3.05) is 0 Å². The minimum atomic E-state index is -0.480. The molecule has 1 N–H and O–H groups in total. The number of phenols is 1. The number of para-hydroxylation sites is 1. The Balaban J connectivity index is 1.91. The molecule has 2 aromatic carbocycles. The van der Waals surface area contributed by atoms with E-state index < -0.39 is 4.92 Å². The Morgan fingerprint density at radius 1 is 1.15 bits per heavy atom. The predicted molar refractivity (Wildman–Crippen MR) is 98.2 cm³/mol. The Kier molecular flexibility index (Phi) is 5.21. The molecule has 7 heteroatoms. The molecule has 0 spiro atoms. The normalized spacial score (nSPS) is 10.6. The maximum Gasteiger partial charge on any atom is 0.272 e. The molecule has 0 saturated carbocycles. The van der Waals surface area contributed by atoms with E-state index in [0.717, 1.165) is 0 Å². The summed E-state index contributed by atoms with van der Waals surface area (Å²) in [6, 6.07) is 14.5. The van der Waals surface area contributed by atoms with Gasteiger partial charge >= 0.3 is 0 Å². The first-order valence-corrected chi connectivity index (χ1v) is 8.29. The highest BCUT2D eigenvalue weighted by Gasteiger charge is 2.21. The molecule has 7 nitrogen and oxygen atoms in total. The number of nitrogens with zero attached hydrogens (tertiary/aromatic N) is 2. The summed E-state index contributed by atoms with van der Waals surface area (Å²) in [5.41, 5.74) is 1.30. The van der Waals surface area contributed by atoms with E-state index in [1.807, 2.05) is 0 Å². The Bertz CT molecular complexity index is 966. The van der Waals surface area contributed by atoms with Crippen molar-refractivity contribution in [1.29, 1.82) is 0 Å². The Morgan fingerprint density at radius 3 is 2.56 bits per heavy atom. The molecule has 0 aliphatic carbocycles. The topological polar surface area (TPSA) is 96.8 Å². The average molecular weight is 366 g/mol. The number of amides is 1. The van der Waals surface area contributed by atoms with Gasteiger partial charge in [-0.15, -0.1) is 0 Å². The quantitative estimate of drug-likeness (QED) is 0.524. The molecular weight excluding hydrogens is 348 g/mol. The van der Waals surface area contributed by atoms with Crippen molar-refractivity contribution in [1.82, 2.24) is 4.90 Å². The lowest BCUT2D eigenvalue weighted by Crippen LogP contribution is -2.30. The van der Waals surface area contributed by atoms with Crippen LogP contribution in [0.5, 0.6) is 5.75 Å². The van der Waals surface area contributed by atoms with Crippen LogP contribution in [0.25, 0.3) is 0 Å². The van der Waals surface area contributed by atoms with Gasteiger partial charge in [0, 0.05) is 22.8 Å². The lowest BCUT2D eigenvalue weighted by molar-refractivity contribution is -0.385. The first-order valence-electron chi connectivity index (χ1n) is 8.29. The highest BCUT2D eigenvalue weighted by atomic mass is 16.6. The molecule has 0 unspecified atom stereocenters. The molecular formula is C20H18N2O5. The minimum Gasteiger partial charge on any atom is -0.508 e. The van der Waals surface area contributed by atoms with Gasteiger partial charge in [0.05, 0.1) is 24.3 Å². The summed E-state index contributed by atoms with van der Waals surface area (Å²) < 4.78 is 5.35. The molecule has 0 aliphatic rings. The zero-order valence-electron chi connectivity index (χ0n) is 14.7. The molecule has 1 heterocycles. The summed E-state index contributed by atoms with van der Waals surface area (Å²) in [5, 5.41) is 21.0. The molecule has 27 heavy (non-hydrogen) atoms. The number of nitro groups is 1. The van der Waals surface area contributed by atoms with E-state index >= 15 is 0 Å². The van der Waals surface area contributed by atoms with Gasteiger partial charge in [0.1, 0.15) is 11.5 Å². The molecule has 1 aromatic heterocycles. The van der Waals surface area contributed by atoms with Crippen LogP contribution in [-0.4, -0.2) is 20.8 Å². The van der Waals surface area contributed by atoms with Gasteiger partial charge in [-0.05, 0) is 37.3 Å².